The number of hydrogen-bond donors (Lipinski definition) is 1. The molecule has 1 N–H and O–H groups in total. The summed E-state index contributed by atoms with van der Waals surface area (Å²) in [5.41, 5.74) is 4.42. The number of amides is 2. The van der Waals surface area contributed by atoms with E-state index in [0.29, 0.717) is 42.0 Å². The molecular weight excluding hydrogens is 384 g/mol. The lowest BCUT2D eigenvalue weighted by molar-refractivity contribution is -0.118. The van der Waals surface area contributed by atoms with Gasteiger partial charge in [-0.15, -0.1) is 0 Å². The zero-order valence-corrected chi connectivity index (χ0v) is 18.1. The van der Waals surface area contributed by atoms with E-state index in [9.17, 15) is 9.59 Å². The Balaban J connectivity index is 1.63. The first-order valence-electron chi connectivity index (χ1n) is 10.8. The summed E-state index contributed by atoms with van der Waals surface area (Å²) in [5, 5.41) is 0.528. The quantitative estimate of drug-likeness (QED) is 0.693. The van der Waals surface area contributed by atoms with E-state index in [0.717, 1.165) is 23.4 Å². The third-order valence-electron chi connectivity index (χ3n) is 4.66. The fraction of sp³-hybridized carbons (Fsp3) is 0.435. The third-order valence-corrected chi connectivity index (χ3v) is 5.54. The van der Waals surface area contributed by atoms with Crippen molar-refractivity contribution in [1.82, 2.24) is 10.3 Å². The Morgan fingerprint density at radius 3 is 2.66 bits per heavy atom. The summed E-state index contributed by atoms with van der Waals surface area (Å²) in [5.74, 6) is 0.654. The number of aryl methyl sites for hydroxylation is 2. The number of aromatic nitrogens is 1. The molecule has 3 rings (SSSR count). The van der Waals surface area contributed by atoms with Gasteiger partial charge in [-0.1, -0.05) is 43.8 Å². The van der Waals surface area contributed by atoms with Gasteiger partial charge in [0.2, 0.25) is 5.91 Å². The van der Waals surface area contributed by atoms with Gasteiger partial charge in [0.15, 0.2) is 0 Å². The molecule has 1 aliphatic heterocycles. The van der Waals surface area contributed by atoms with Crippen molar-refractivity contribution in [3.63, 3.8) is 0 Å². The van der Waals surface area contributed by atoms with Crippen LogP contribution in [0, 0.1) is 19.8 Å². The van der Waals surface area contributed by atoms with Crippen molar-refractivity contribution in [3.05, 3.63) is 58.4 Å². The Bertz CT molecular complexity index is 995. The zero-order chi connectivity index (χ0) is 22.8. The molecule has 1 aromatic carbocycles. The Morgan fingerprint density at radius 1 is 1.24 bits per heavy atom. The lowest BCUT2D eigenvalue weighted by Gasteiger charge is -2.13. The molecule has 1 fully saturated rings. The predicted molar refractivity (Wildman–Crippen MR) is 117 cm³/mol. The number of rotatable bonds is 8. The van der Waals surface area contributed by atoms with E-state index >= 15 is 0 Å². The normalized spacial score (nSPS) is 17.9. The van der Waals surface area contributed by atoms with Gasteiger partial charge in [-0.05, 0) is 61.4 Å². The van der Waals surface area contributed by atoms with Crippen molar-refractivity contribution in [2.24, 2.45) is 5.92 Å². The molecule has 0 bridgehead atoms. The second-order valence-corrected chi connectivity index (χ2v) is 8.72. The molecule has 1 aromatic heterocycles. The van der Waals surface area contributed by atoms with Gasteiger partial charge >= 0.3 is 0 Å². The summed E-state index contributed by atoms with van der Waals surface area (Å²) >= 11 is 0.689. The molecule has 1 atom stereocenters. The Labute approximate surface area is 179 Å². The van der Waals surface area contributed by atoms with Crippen molar-refractivity contribution in [2.45, 2.75) is 52.2 Å². The molecule has 0 saturated carbocycles. The number of pyridine rings is 1. The lowest BCUT2D eigenvalue weighted by atomic mass is 10.0. The van der Waals surface area contributed by atoms with Crippen LogP contribution in [0.2, 0.25) is 0 Å². The molecule has 2 amide bonds. The lowest BCUT2D eigenvalue weighted by Crippen LogP contribution is -2.25. The highest BCUT2D eigenvalue weighted by atomic mass is 32.2. The largest absolute Gasteiger partial charge is 0.493 e. The molecule has 0 aliphatic carbocycles. The van der Waals surface area contributed by atoms with Gasteiger partial charge in [0.1, 0.15) is 5.75 Å². The van der Waals surface area contributed by atoms with E-state index in [1.807, 2.05) is 19.9 Å². The number of hydrogen-bond acceptors (Lipinski definition) is 5. The fourth-order valence-electron chi connectivity index (χ4n) is 3.21. The average Bonchev–Trinajstić information content (AvgIpc) is 3.03. The molecular formula is C23H28N2O3S. The van der Waals surface area contributed by atoms with E-state index < -0.39 is 22.8 Å². The molecule has 1 aliphatic rings. The minimum atomic E-state index is -1.97. The molecule has 154 valence electrons. The number of ether oxygens (including phenoxy) is 1. The topological polar surface area (TPSA) is 68.3 Å². The average molecular weight is 415 g/mol. The SMILES string of the molecule is [2H]C([2H])(c1ccc(OCCc2ccc(CC(C)C)c(C)n2)c(C)c1)C1SC(=O)NC1=O. The Hall–Kier alpha value is -2.34. The van der Waals surface area contributed by atoms with Crippen LogP contribution >= 0.6 is 11.8 Å². The molecule has 29 heavy (non-hydrogen) atoms. The van der Waals surface area contributed by atoms with Gasteiger partial charge in [0, 0.05) is 20.6 Å². The van der Waals surface area contributed by atoms with Crippen molar-refractivity contribution in [1.29, 1.82) is 0 Å². The van der Waals surface area contributed by atoms with Crippen LogP contribution in [-0.2, 0) is 24.0 Å². The van der Waals surface area contributed by atoms with Gasteiger partial charge in [-0.2, -0.15) is 0 Å². The summed E-state index contributed by atoms with van der Waals surface area (Å²) in [6, 6.07) is 9.19. The molecule has 2 aromatic rings. The second-order valence-electron chi connectivity index (χ2n) is 7.64. The summed E-state index contributed by atoms with van der Waals surface area (Å²) < 4.78 is 22.6. The van der Waals surface area contributed by atoms with Crippen molar-refractivity contribution in [2.75, 3.05) is 6.61 Å². The maximum absolute atomic E-state index is 11.9. The number of carbonyl (C=O) groups excluding carboxylic acids is 2. The molecule has 1 saturated heterocycles. The number of carbonyl (C=O) groups is 2. The Kier molecular flexibility index (Phi) is 6.08. The van der Waals surface area contributed by atoms with Gasteiger partial charge in [-0.25, -0.2) is 0 Å². The maximum Gasteiger partial charge on any atom is 0.286 e. The minimum absolute atomic E-state index is 0.345. The van der Waals surface area contributed by atoms with Crippen LogP contribution < -0.4 is 10.1 Å². The summed E-state index contributed by atoms with van der Waals surface area (Å²) in [4.78, 5) is 28.0. The Morgan fingerprint density at radius 2 is 2.03 bits per heavy atom. The highest BCUT2D eigenvalue weighted by Crippen LogP contribution is 2.26. The van der Waals surface area contributed by atoms with E-state index in [1.165, 1.54) is 5.56 Å². The zero-order valence-electron chi connectivity index (χ0n) is 19.2. The number of benzene rings is 1. The van der Waals surface area contributed by atoms with Gasteiger partial charge in [0.25, 0.3) is 5.24 Å². The van der Waals surface area contributed by atoms with E-state index in [4.69, 9.17) is 7.48 Å². The number of nitrogens with one attached hydrogen (secondary N) is 1. The van der Waals surface area contributed by atoms with Gasteiger partial charge in [-0.3, -0.25) is 19.9 Å². The number of nitrogens with zero attached hydrogens (tertiary/aromatic N) is 1. The van der Waals surface area contributed by atoms with Crippen LogP contribution in [0.4, 0.5) is 4.79 Å². The van der Waals surface area contributed by atoms with Crippen LogP contribution in [0.15, 0.2) is 30.3 Å². The molecule has 5 nitrogen and oxygen atoms in total. The molecule has 2 heterocycles. The molecule has 1 unspecified atom stereocenters. The first kappa shape index (κ1) is 18.7. The summed E-state index contributed by atoms with van der Waals surface area (Å²) in [7, 11) is 0. The van der Waals surface area contributed by atoms with Crippen molar-refractivity contribution in [3.8, 4) is 5.75 Å². The molecule has 6 heteroatoms. The van der Waals surface area contributed by atoms with Crippen LogP contribution in [0.3, 0.4) is 0 Å². The summed E-state index contributed by atoms with van der Waals surface area (Å²) in [6.45, 7) is 8.72. The van der Waals surface area contributed by atoms with Crippen LogP contribution in [0.25, 0.3) is 0 Å². The summed E-state index contributed by atoms with van der Waals surface area (Å²) in [6.07, 6.45) is -0.279. The van der Waals surface area contributed by atoms with E-state index in [1.54, 1.807) is 18.2 Å². The van der Waals surface area contributed by atoms with E-state index in [2.05, 4.69) is 30.2 Å². The first-order valence-corrected chi connectivity index (χ1v) is 10.7. The third kappa shape index (κ3) is 5.82. The van der Waals surface area contributed by atoms with Crippen LogP contribution in [0.5, 0.6) is 5.75 Å². The standard InChI is InChI=1S/C23H28N2O3S/c1-14(2)11-18-6-7-19(24-16(18)4)9-10-28-20-8-5-17(12-15(20)3)13-21-22(26)25-23(27)29-21/h5-8,12,14,21H,9-11,13H2,1-4H3,(H,25,26,27)/i13D2. The number of imide groups is 1. The highest BCUT2D eigenvalue weighted by Gasteiger charge is 2.31. The van der Waals surface area contributed by atoms with Crippen LogP contribution in [-0.4, -0.2) is 28.0 Å². The van der Waals surface area contributed by atoms with Gasteiger partial charge in [0.05, 0.1) is 11.9 Å². The smallest absolute Gasteiger partial charge is 0.286 e. The van der Waals surface area contributed by atoms with Crippen LogP contribution in [0.1, 0.15) is 44.7 Å². The monoisotopic (exact) mass is 414 g/mol. The van der Waals surface area contributed by atoms with Gasteiger partial charge < -0.3 is 4.74 Å². The van der Waals surface area contributed by atoms with E-state index in [-0.39, 0.29) is 0 Å². The first-order chi connectivity index (χ1) is 14.6. The predicted octanol–water partition coefficient (Wildman–Crippen LogP) is 4.41. The minimum Gasteiger partial charge on any atom is -0.493 e. The molecule has 0 radical (unpaired) electrons. The maximum atomic E-state index is 11.9. The highest BCUT2D eigenvalue weighted by molar-refractivity contribution is 8.15. The second kappa shape index (κ2) is 9.44. The number of thioether (sulfide) groups is 1. The fourth-order valence-corrected chi connectivity index (χ4v) is 3.94. The van der Waals surface area contributed by atoms with Crippen molar-refractivity contribution < 1.29 is 17.1 Å². The van der Waals surface area contributed by atoms with Crippen molar-refractivity contribution >= 4 is 22.9 Å². The molecule has 0 spiro atoms.